The number of hydrogen-bond acceptors (Lipinski definition) is 3. The first-order valence-electron chi connectivity index (χ1n) is 6.51. The van der Waals surface area contributed by atoms with Crippen LogP contribution < -0.4 is 10.6 Å². The van der Waals surface area contributed by atoms with Crippen LogP contribution in [0.15, 0.2) is 41.8 Å². The maximum absolute atomic E-state index is 12.5. The lowest BCUT2D eigenvalue weighted by molar-refractivity contribution is 0.675. The lowest BCUT2D eigenvalue weighted by atomic mass is 10.1. The average molecular weight is 257 g/mol. The quantitative estimate of drug-likeness (QED) is 0.770. The molecule has 0 fully saturated rings. The Bertz CT molecular complexity index is 645. The lowest BCUT2D eigenvalue weighted by Gasteiger charge is -2.22. The molecule has 0 aliphatic heterocycles. The van der Waals surface area contributed by atoms with Crippen molar-refractivity contribution in [2.45, 2.75) is 19.8 Å². The predicted molar refractivity (Wildman–Crippen MR) is 79.2 cm³/mol. The van der Waals surface area contributed by atoms with Crippen molar-refractivity contribution >= 4 is 11.0 Å². The van der Waals surface area contributed by atoms with Gasteiger partial charge in [-0.25, -0.2) is 9.66 Å². The van der Waals surface area contributed by atoms with Crippen molar-refractivity contribution in [1.82, 2.24) is 9.66 Å². The number of aryl methyl sites for hydroxylation is 1. The van der Waals surface area contributed by atoms with Gasteiger partial charge in [0.1, 0.15) is 0 Å². The van der Waals surface area contributed by atoms with Gasteiger partial charge in [0.25, 0.3) is 5.56 Å². The van der Waals surface area contributed by atoms with Crippen LogP contribution in [-0.2, 0) is 6.42 Å². The summed E-state index contributed by atoms with van der Waals surface area (Å²) < 4.78 is 1.64. The molecule has 0 unspecified atom stereocenters. The molecule has 0 N–H and O–H groups in total. The Hall–Kier alpha value is -2.10. The minimum atomic E-state index is 0.0115. The van der Waals surface area contributed by atoms with Gasteiger partial charge in [-0.2, -0.15) is 0 Å². The summed E-state index contributed by atoms with van der Waals surface area (Å²) in [6.07, 6.45) is 5.21. The molecular weight excluding hydrogens is 238 g/mol. The Morgan fingerprint density at radius 3 is 3.00 bits per heavy atom. The minimum Gasteiger partial charge on any atom is -0.307 e. The number of rotatable bonds is 5. The van der Waals surface area contributed by atoms with Crippen molar-refractivity contribution < 1.29 is 0 Å². The van der Waals surface area contributed by atoms with Crippen LogP contribution in [0.2, 0.25) is 0 Å². The Morgan fingerprint density at radius 2 is 2.32 bits per heavy atom. The third-order valence-electron chi connectivity index (χ3n) is 3.07. The van der Waals surface area contributed by atoms with Crippen LogP contribution in [0.1, 0.15) is 18.9 Å². The van der Waals surface area contributed by atoms with E-state index in [1.54, 1.807) is 16.9 Å². The van der Waals surface area contributed by atoms with E-state index in [0.717, 1.165) is 23.8 Å². The summed E-state index contributed by atoms with van der Waals surface area (Å²) in [6, 6.07) is 5.83. The zero-order valence-electron chi connectivity index (χ0n) is 11.5. The van der Waals surface area contributed by atoms with Gasteiger partial charge in [0, 0.05) is 24.2 Å². The molecule has 0 aliphatic rings. The number of nitrogens with zero attached hydrogens (tertiary/aromatic N) is 3. The van der Waals surface area contributed by atoms with E-state index >= 15 is 0 Å². The fraction of sp³-hybridized carbons (Fsp3) is 0.333. The molecule has 100 valence electrons. The summed E-state index contributed by atoms with van der Waals surface area (Å²) in [6.45, 7) is 6.39. The second-order valence-electron chi connectivity index (χ2n) is 4.58. The number of likely N-dealkylation sites (N-methyl/N-ethyl adjacent to an activating group) is 1. The summed E-state index contributed by atoms with van der Waals surface area (Å²) in [5.41, 5.74) is 1.54. The molecule has 2 aromatic rings. The molecule has 0 saturated heterocycles. The van der Waals surface area contributed by atoms with Crippen molar-refractivity contribution in [2.75, 3.05) is 18.6 Å². The SMILES string of the molecule is C=CCN(C)n1c(=O)c(CCC)cc2cccnc21. The van der Waals surface area contributed by atoms with Gasteiger partial charge in [0.15, 0.2) is 5.65 Å². The molecule has 0 amide bonds. The van der Waals surface area contributed by atoms with Crippen molar-refractivity contribution in [1.29, 1.82) is 0 Å². The van der Waals surface area contributed by atoms with Gasteiger partial charge in [-0.1, -0.05) is 19.4 Å². The lowest BCUT2D eigenvalue weighted by Crippen LogP contribution is -2.41. The third kappa shape index (κ3) is 2.52. The summed E-state index contributed by atoms with van der Waals surface area (Å²) in [5, 5.41) is 2.82. The van der Waals surface area contributed by atoms with E-state index in [1.165, 1.54) is 0 Å². The van der Waals surface area contributed by atoms with Gasteiger partial charge in [0.05, 0.1) is 6.54 Å². The molecule has 2 aromatic heterocycles. The van der Waals surface area contributed by atoms with Crippen LogP contribution in [0.4, 0.5) is 0 Å². The highest BCUT2D eigenvalue weighted by Gasteiger charge is 2.11. The van der Waals surface area contributed by atoms with Gasteiger partial charge in [0.2, 0.25) is 0 Å². The van der Waals surface area contributed by atoms with Gasteiger partial charge in [-0.15, -0.1) is 6.58 Å². The van der Waals surface area contributed by atoms with Crippen LogP contribution in [0.5, 0.6) is 0 Å². The van der Waals surface area contributed by atoms with Gasteiger partial charge in [-0.3, -0.25) is 4.79 Å². The molecule has 0 radical (unpaired) electrons. The molecule has 19 heavy (non-hydrogen) atoms. The van der Waals surface area contributed by atoms with Crippen molar-refractivity contribution in [3.05, 3.63) is 53.0 Å². The van der Waals surface area contributed by atoms with Crippen molar-refractivity contribution in [3.63, 3.8) is 0 Å². The average Bonchev–Trinajstić information content (AvgIpc) is 2.40. The molecule has 0 spiro atoms. The summed E-state index contributed by atoms with van der Waals surface area (Å²) in [7, 11) is 1.87. The summed E-state index contributed by atoms with van der Waals surface area (Å²) >= 11 is 0. The summed E-state index contributed by atoms with van der Waals surface area (Å²) in [4.78, 5) is 16.9. The Balaban J connectivity index is 2.72. The zero-order chi connectivity index (χ0) is 13.8. The molecule has 0 saturated carbocycles. The monoisotopic (exact) mass is 257 g/mol. The van der Waals surface area contributed by atoms with E-state index in [0.29, 0.717) is 12.2 Å². The topological polar surface area (TPSA) is 38.1 Å². The van der Waals surface area contributed by atoms with Crippen LogP contribution in [0.25, 0.3) is 11.0 Å². The third-order valence-corrected chi connectivity index (χ3v) is 3.07. The standard InChI is InChI=1S/C15H19N3O/c1-4-7-13-11-12-8-6-9-16-14(12)18(15(13)19)17(3)10-5-2/h5-6,8-9,11H,2,4,7,10H2,1,3H3. The normalized spacial score (nSPS) is 10.6. The first kappa shape index (κ1) is 13.3. The molecule has 4 heteroatoms. The van der Waals surface area contributed by atoms with Gasteiger partial charge in [-0.05, 0) is 24.6 Å². The zero-order valence-corrected chi connectivity index (χ0v) is 11.5. The van der Waals surface area contributed by atoms with Crippen molar-refractivity contribution in [2.24, 2.45) is 0 Å². The van der Waals surface area contributed by atoms with E-state index in [9.17, 15) is 4.79 Å². The van der Waals surface area contributed by atoms with E-state index in [-0.39, 0.29) is 5.56 Å². The Kier molecular flexibility index (Phi) is 4.00. The highest BCUT2D eigenvalue weighted by atomic mass is 16.1. The number of pyridine rings is 2. The van der Waals surface area contributed by atoms with Crippen LogP contribution >= 0.6 is 0 Å². The highest BCUT2D eigenvalue weighted by molar-refractivity contribution is 5.75. The van der Waals surface area contributed by atoms with E-state index in [1.807, 2.05) is 30.3 Å². The molecular formula is C15H19N3O. The fourth-order valence-electron chi connectivity index (χ4n) is 2.21. The highest BCUT2D eigenvalue weighted by Crippen LogP contribution is 2.12. The van der Waals surface area contributed by atoms with E-state index in [2.05, 4.69) is 18.5 Å². The number of fused-ring (bicyclic) bond motifs is 1. The smallest absolute Gasteiger partial charge is 0.274 e. The largest absolute Gasteiger partial charge is 0.307 e. The molecule has 2 heterocycles. The van der Waals surface area contributed by atoms with Crippen molar-refractivity contribution in [3.8, 4) is 0 Å². The maximum atomic E-state index is 12.5. The molecule has 0 aromatic carbocycles. The molecule has 0 bridgehead atoms. The maximum Gasteiger partial charge on any atom is 0.274 e. The predicted octanol–water partition coefficient (Wildman–Crippen LogP) is 2.10. The molecule has 0 aliphatic carbocycles. The summed E-state index contributed by atoms with van der Waals surface area (Å²) in [5.74, 6) is 0. The Labute approximate surface area is 113 Å². The van der Waals surface area contributed by atoms with Crippen LogP contribution in [0.3, 0.4) is 0 Å². The van der Waals surface area contributed by atoms with E-state index in [4.69, 9.17) is 0 Å². The van der Waals surface area contributed by atoms with E-state index < -0.39 is 0 Å². The number of hydrogen-bond donors (Lipinski definition) is 0. The first-order valence-corrected chi connectivity index (χ1v) is 6.51. The second-order valence-corrected chi connectivity index (χ2v) is 4.58. The van der Waals surface area contributed by atoms with Crippen LogP contribution in [0, 0.1) is 0 Å². The van der Waals surface area contributed by atoms with Crippen LogP contribution in [-0.4, -0.2) is 23.3 Å². The van der Waals surface area contributed by atoms with Gasteiger partial charge < -0.3 is 5.01 Å². The number of aromatic nitrogens is 2. The molecule has 0 atom stereocenters. The fourth-order valence-corrected chi connectivity index (χ4v) is 2.21. The minimum absolute atomic E-state index is 0.0115. The second kappa shape index (κ2) is 5.69. The Morgan fingerprint density at radius 1 is 1.53 bits per heavy atom. The molecule has 4 nitrogen and oxygen atoms in total. The molecule has 2 rings (SSSR count). The van der Waals surface area contributed by atoms with Gasteiger partial charge >= 0.3 is 0 Å². The first-order chi connectivity index (χ1) is 9.19.